The van der Waals surface area contributed by atoms with Crippen LogP contribution < -0.4 is 0 Å². The predicted octanol–water partition coefficient (Wildman–Crippen LogP) is 1.11. The summed E-state index contributed by atoms with van der Waals surface area (Å²) in [5.74, 6) is 0. The van der Waals surface area contributed by atoms with Gasteiger partial charge in [-0.25, -0.2) is 0 Å². The SMILES string of the molecule is CCCO.Cl.Cl.[O]=[V]. The van der Waals surface area contributed by atoms with Gasteiger partial charge >= 0.3 is 21.0 Å². The molecule has 0 amide bonds. The quantitative estimate of drug-likeness (QED) is 0.688. The molecule has 0 fully saturated rings. The van der Waals surface area contributed by atoms with Crippen molar-refractivity contribution in [1.29, 1.82) is 0 Å². The molecule has 0 aliphatic carbocycles. The van der Waals surface area contributed by atoms with Gasteiger partial charge in [0.15, 0.2) is 0 Å². The van der Waals surface area contributed by atoms with E-state index in [1.54, 1.807) is 0 Å². The molecule has 8 heavy (non-hydrogen) atoms. The summed E-state index contributed by atoms with van der Waals surface area (Å²) in [7, 11) is 0. The van der Waals surface area contributed by atoms with Gasteiger partial charge in [0, 0.05) is 6.61 Å². The zero-order chi connectivity index (χ0) is 5.41. The summed E-state index contributed by atoms with van der Waals surface area (Å²) in [5, 5.41) is 7.88. The van der Waals surface area contributed by atoms with Crippen LogP contribution in [0.3, 0.4) is 0 Å². The van der Waals surface area contributed by atoms with Crippen molar-refractivity contribution in [2.45, 2.75) is 13.3 Å². The van der Waals surface area contributed by atoms with Gasteiger partial charge in [0.05, 0.1) is 0 Å². The number of aliphatic hydroxyl groups excluding tert-OH is 1. The molecule has 2 nitrogen and oxygen atoms in total. The average molecular weight is 200 g/mol. The Morgan fingerprint density at radius 3 is 1.50 bits per heavy atom. The maximum atomic E-state index is 8.19. The van der Waals surface area contributed by atoms with E-state index in [2.05, 4.69) is 0 Å². The second-order valence-corrected chi connectivity index (χ2v) is 0.724. The molecule has 0 aromatic heterocycles. The number of aliphatic hydroxyl groups is 1. The van der Waals surface area contributed by atoms with Crippen molar-refractivity contribution in [3.8, 4) is 0 Å². The van der Waals surface area contributed by atoms with Crippen LogP contribution >= 0.6 is 24.8 Å². The Morgan fingerprint density at radius 2 is 1.50 bits per heavy atom. The van der Waals surface area contributed by atoms with E-state index < -0.39 is 0 Å². The fourth-order valence-corrected chi connectivity index (χ4v) is 0. The molecular weight excluding hydrogens is 190 g/mol. The molecular formula is C3H10Cl2O2V. The van der Waals surface area contributed by atoms with Crippen LogP contribution in [0.1, 0.15) is 13.3 Å². The zero-order valence-corrected chi connectivity index (χ0v) is 7.56. The fraction of sp³-hybridized carbons (Fsp3) is 1.00. The summed E-state index contributed by atoms with van der Waals surface area (Å²) >= 11 is 1.06. The van der Waals surface area contributed by atoms with Crippen LogP contribution in [0.25, 0.3) is 0 Å². The van der Waals surface area contributed by atoms with Gasteiger partial charge in [-0.05, 0) is 6.42 Å². The average Bonchev–Trinajstić information content (AvgIpc) is 1.72. The third-order valence-corrected chi connectivity index (χ3v) is 0.224. The van der Waals surface area contributed by atoms with Crippen LogP contribution in [-0.2, 0) is 21.0 Å². The van der Waals surface area contributed by atoms with Gasteiger partial charge in [-0.3, -0.25) is 0 Å². The summed E-state index contributed by atoms with van der Waals surface area (Å²) < 4.78 is 8.19. The van der Waals surface area contributed by atoms with E-state index in [9.17, 15) is 0 Å². The van der Waals surface area contributed by atoms with E-state index >= 15 is 0 Å². The molecule has 0 bridgehead atoms. The molecule has 1 N–H and O–H groups in total. The standard InChI is InChI=1S/C3H8O.2ClH.O.V/c1-2-3-4;;;;/h4H,2-3H2,1H3;2*1H;;. The van der Waals surface area contributed by atoms with Crippen molar-refractivity contribution >= 4 is 24.8 Å². The molecule has 0 atom stereocenters. The monoisotopic (exact) mass is 199 g/mol. The van der Waals surface area contributed by atoms with Gasteiger partial charge in [-0.2, -0.15) is 0 Å². The minimum absolute atomic E-state index is 0. The first-order chi connectivity index (χ1) is 2.91. The number of rotatable bonds is 1. The molecule has 0 saturated carbocycles. The van der Waals surface area contributed by atoms with Crippen LogP contribution in [0, 0.1) is 0 Å². The first-order valence-electron chi connectivity index (χ1n) is 1.71. The van der Waals surface area contributed by atoms with E-state index in [4.69, 9.17) is 8.78 Å². The van der Waals surface area contributed by atoms with Crippen LogP contribution in [0.5, 0.6) is 0 Å². The predicted molar refractivity (Wildman–Crippen MR) is 32.6 cm³/mol. The van der Waals surface area contributed by atoms with Gasteiger partial charge < -0.3 is 5.11 Å². The fourth-order valence-electron chi connectivity index (χ4n) is 0. The Labute approximate surface area is 71.1 Å². The first kappa shape index (κ1) is 23.1. The molecule has 0 heterocycles. The number of hydrogen-bond acceptors (Lipinski definition) is 2. The summed E-state index contributed by atoms with van der Waals surface area (Å²) in [6.07, 6.45) is 0.875. The number of hydrogen-bond donors (Lipinski definition) is 1. The molecule has 0 radical (unpaired) electrons. The van der Waals surface area contributed by atoms with Gasteiger partial charge in [0.25, 0.3) is 0 Å². The molecule has 0 aromatic carbocycles. The second-order valence-electron chi connectivity index (χ2n) is 0.724. The Morgan fingerprint density at radius 1 is 1.38 bits per heavy atom. The van der Waals surface area contributed by atoms with Gasteiger partial charge in [-0.1, -0.05) is 6.92 Å². The molecule has 0 spiro atoms. The first-order valence-corrected chi connectivity index (χ1v) is 2.28. The van der Waals surface area contributed by atoms with Crippen molar-refractivity contribution in [3.63, 3.8) is 0 Å². The van der Waals surface area contributed by atoms with E-state index in [0.29, 0.717) is 6.61 Å². The summed E-state index contributed by atoms with van der Waals surface area (Å²) in [4.78, 5) is 0. The van der Waals surface area contributed by atoms with Crippen molar-refractivity contribution in [3.05, 3.63) is 0 Å². The minimum atomic E-state index is 0. The Bertz CT molecular complexity index is 22.8. The van der Waals surface area contributed by atoms with E-state index in [0.717, 1.165) is 23.8 Å². The molecule has 0 aliphatic rings. The van der Waals surface area contributed by atoms with Gasteiger partial charge in [0.2, 0.25) is 0 Å². The molecule has 53 valence electrons. The molecule has 0 rings (SSSR count). The topological polar surface area (TPSA) is 37.3 Å². The second kappa shape index (κ2) is 44.4. The van der Waals surface area contributed by atoms with Crippen LogP contribution in [0.15, 0.2) is 0 Å². The zero-order valence-electron chi connectivity index (χ0n) is 4.53. The maximum absolute atomic E-state index is 8.19. The van der Waals surface area contributed by atoms with E-state index in [1.165, 1.54) is 0 Å². The van der Waals surface area contributed by atoms with Crippen molar-refractivity contribution in [2.75, 3.05) is 6.61 Å². The van der Waals surface area contributed by atoms with E-state index in [-0.39, 0.29) is 24.8 Å². The van der Waals surface area contributed by atoms with Crippen LogP contribution in [0.2, 0.25) is 0 Å². The van der Waals surface area contributed by atoms with Crippen LogP contribution in [0.4, 0.5) is 0 Å². The molecule has 0 saturated heterocycles. The molecule has 0 unspecified atom stereocenters. The molecule has 0 aliphatic heterocycles. The molecule has 0 aromatic rings. The number of halogens is 2. The summed E-state index contributed by atoms with van der Waals surface area (Å²) in [6, 6.07) is 0. The normalized spacial score (nSPS) is 4.12. The van der Waals surface area contributed by atoms with Crippen molar-refractivity contribution < 1.29 is 26.1 Å². The van der Waals surface area contributed by atoms with Crippen molar-refractivity contribution in [1.82, 2.24) is 0 Å². The summed E-state index contributed by atoms with van der Waals surface area (Å²) in [5.41, 5.74) is 0. The Kier molecular flexibility index (Phi) is 128. The summed E-state index contributed by atoms with van der Waals surface area (Å²) in [6.45, 7) is 2.25. The Hall–Kier alpha value is 0.924. The van der Waals surface area contributed by atoms with Gasteiger partial charge in [-0.15, -0.1) is 24.8 Å². The molecule has 5 heteroatoms. The third-order valence-electron chi connectivity index (χ3n) is 0.224. The van der Waals surface area contributed by atoms with Gasteiger partial charge in [0.1, 0.15) is 0 Å². The third kappa shape index (κ3) is 65.6. The Balaban J connectivity index is -0.0000000183. The van der Waals surface area contributed by atoms with Crippen molar-refractivity contribution in [2.24, 2.45) is 0 Å². The van der Waals surface area contributed by atoms with E-state index in [1.807, 2.05) is 6.92 Å². The van der Waals surface area contributed by atoms with Crippen LogP contribution in [-0.4, -0.2) is 11.7 Å².